The second-order valence-electron chi connectivity index (χ2n) is 6.56. The van der Waals surface area contributed by atoms with Crippen LogP contribution in [-0.4, -0.2) is 57.7 Å². The van der Waals surface area contributed by atoms with Crippen molar-refractivity contribution < 1.29 is 19.0 Å². The topological polar surface area (TPSA) is 109 Å². The van der Waals surface area contributed by atoms with Gasteiger partial charge in [-0.3, -0.25) is 19.4 Å². The molecule has 0 bridgehead atoms. The minimum Gasteiger partial charge on any atom is -0.356 e. The number of benzene rings is 1. The van der Waals surface area contributed by atoms with E-state index in [0.29, 0.717) is 42.7 Å². The van der Waals surface area contributed by atoms with E-state index in [1.807, 2.05) is 0 Å². The van der Waals surface area contributed by atoms with Crippen LogP contribution in [-0.2, 0) is 9.59 Å². The monoisotopic (exact) mass is 373 g/mol. The fourth-order valence-corrected chi connectivity index (χ4v) is 3.12. The number of aromatic nitrogens is 2. The van der Waals surface area contributed by atoms with Gasteiger partial charge < -0.3 is 5.32 Å². The van der Waals surface area contributed by atoms with Crippen molar-refractivity contribution in [2.75, 3.05) is 19.6 Å². The third-order valence-corrected chi connectivity index (χ3v) is 4.50. The van der Waals surface area contributed by atoms with Crippen molar-refractivity contribution in [3.8, 4) is 0 Å². The Hall–Kier alpha value is -2.97. The molecule has 144 valence electrons. The number of hydrogen-bond acceptors (Lipinski definition) is 6. The summed E-state index contributed by atoms with van der Waals surface area (Å²) in [5.74, 6) is -0.321. The SMILES string of the molecule is CC(=O)NCCCCCC(=O)N1CCCN1C(=O)c1ccc2nonc2c1. The van der Waals surface area contributed by atoms with Crippen LogP contribution in [0.1, 0.15) is 49.4 Å². The summed E-state index contributed by atoms with van der Waals surface area (Å²) in [4.78, 5) is 36.2. The Kier molecular flexibility index (Phi) is 6.00. The van der Waals surface area contributed by atoms with Gasteiger partial charge in [0.1, 0.15) is 11.0 Å². The number of hydrogen-bond donors (Lipinski definition) is 1. The molecule has 9 nitrogen and oxygen atoms in total. The Labute approximate surface area is 156 Å². The van der Waals surface area contributed by atoms with E-state index < -0.39 is 0 Å². The Morgan fingerprint density at radius 3 is 2.67 bits per heavy atom. The van der Waals surface area contributed by atoms with Crippen LogP contribution in [0.3, 0.4) is 0 Å². The Morgan fingerprint density at radius 2 is 1.85 bits per heavy atom. The molecule has 1 aromatic heterocycles. The normalized spacial score (nSPS) is 14.0. The molecule has 2 aromatic rings. The first-order valence-electron chi connectivity index (χ1n) is 9.15. The fourth-order valence-electron chi connectivity index (χ4n) is 3.12. The summed E-state index contributed by atoms with van der Waals surface area (Å²) in [7, 11) is 0. The Bertz CT molecular complexity index is 834. The molecular weight excluding hydrogens is 350 g/mol. The number of carbonyl (C=O) groups excluding carboxylic acids is 3. The largest absolute Gasteiger partial charge is 0.356 e. The first-order chi connectivity index (χ1) is 13.1. The highest BCUT2D eigenvalue weighted by Gasteiger charge is 2.31. The number of nitrogens with zero attached hydrogens (tertiary/aromatic N) is 4. The number of hydrazine groups is 1. The summed E-state index contributed by atoms with van der Waals surface area (Å²) in [5, 5.41) is 13.3. The molecule has 0 unspecified atom stereocenters. The van der Waals surface area contributed by atoms with Gasteiger partial charge in [-0.1, -0.05) is 6.42 Å². The van der Waals surface area contributed by atoms with Gasteiger partial charge in [0.25, 0.3) is 5.91 Å². The van der Waals surface area contributed by atoms with Gasteiger partial charge >= 0.3 is 0 Å². The summed E-state index contributed by atoms with van der Waals surface area (Å²) in [5.41, 5.74) is 1.55. The number of amides is 3. The first kappa shape index (κ1) is 18.8. The van der Waals surface area contributed by atoms with Crippen molar-refractivity contribution in [1.82, 2.24) is 25.6 Å². The van der Waals surface area contributed by atoms with Crippen LogP contribution in [0.2, 0.25) is 0 Å². The number of fused-ring (bicyclic) bond motifs is 1. The second kappa shape index (κ2) is 8.61. The van der Waals surface area contributed by atoms with E-state index in [2.05, 4.69) is 20.3 Å². The maximum absolute atomic E-state index is 12.8. The maximum atomic E-state index is 12.8. The van der Waals surface area contributed by atoms with E-state index in [4.69, 9.17) is 0 Å². The van der Waals surface area contributed by atoms with Crippen LogP contribution in [0, 0.1) is 0 Å². The number of carbonyl (C=O) groups is 3. The van der Waals surface area contributed by atoms with Crippen LogP contribution in [0.4, 0.5) is 0 Å². The molecule has 1 aromatic carbocycles. The van der Waals surface area contributed by atoms with E-state index in [1.165, 1.54) is 11.9 Å². The molecule has 0 radical (unpaired) electrons. The summed E-state index contributed by atoms with van der Waals surface area (Å²) < 4.78 is 4.66. The van der Waals surface area contributed by atoms with Gasteiger partial charge in [0.15, 0.2) is 0 Å². The van der Waals surface area contributed by atoms with E-state index in [-0.39, 0.29) is 17.7 Å². The van der Waals surface area contributed by atoms with Crippen molar-refractivity contribution in [2.45, 2.75) is 39.0 Å². The van der Waals surface area contributed by atoms with Crippen molar-refractivity contribution in [2.24, 2.45) is 0 Å². The molecule has 0 atom stereocenters. The number of nitrogens with one attached hydrogen (secondary N) is 1. The fraction of sp³-hybridized carbons (Fsp3) is 0.500. The highest BCUT2D eigenvalue weighted by molar-refractivity contribution is 5.98. The van der Waals surface area contributed by atoms with Crippen molar-refractivity contribution in [1.29, 1.82) is 0 Å². The predicted molar refractivity (Wildman–Crippen MR) is 96.3 cm³/mol. The molecule has 1 aliphatic rings. The van der Waals surface area contributed by atoms with Gasteiger partial charge in [-0.2, -0.15) is 0 Å². The third kappa shape index (κ3) is 4.60. The van der Waals surface area contributed by atoms with E-state index >= 15 is 0 Å². The summed E-state index contributed by atoms with van der Waals surface area (Å²) in [6.07, 6.45) is 3.56. The summed E-state index contributed by atoms with van der Waals surface area (Å²) in [6, 6.07) is 4.96. The van der Waals surface area contributed by atoms with Gasteiger partial charge in [-0.05, 0) is 47.8 Å². The van der Waals surface area contributed by atoms with Crippen molar-refractivity contribution >= 4 is 28.8 Å². The standard InChI is InChI=1S/C18H23N5O4/c1-13(24)19-9-4-2-3-6-17(25)22-10-5-11-23(22)18(26)14-7-8-15-16(12-14)21-27-20-15/h7-8,12H,2-6,9-11H2,1H3,(H,19,24). The minimum atomic E-state index is -0.226. The molecule has 1 saturated heterocycles. The average Bonchev–Trinajstić information content (AvgIpc) is 3.31. The molecule has 1 fully saturated rings. The number of unbranched alkanes of at least 4 members (excludes halogenated alkanes) is 2. The molecule has 1 N–H and O–H groups in total. The lowest BCUT2D eigenvalue weighted by Crippen LogP contribution is -2.44. The summed E-state index contributed by atoms with van der Waals surface area (Å²) >= 11 is 0. The van der Waals surface area contributed by atoms with Crippen LogP contribution < -0.4 is 5.32 Å². The third-order valence-electron chi connectivity index (χ3n) is 4.50. The zero-order valence-corrected chi connectivity index (χ0v) is 15.3. The van der Waals surface area contributed by atoms with Gasteiger partial charge in [-0.15, -0.1) is 0 Å². The van der Waals surface area contributed by atoms with Crippen molar-refractivity contribution in [3.05, 3.63) is 23.8 Å². The highest BCUT2D eigenvalue weighted by Crippen LogP contribution is 2.19. The average molecular weight is 373 g/mol. The molecule has 0 spiro atoms. The lowest BCUT2D eigenvalue weighted by atomic mass is 10.1. The van der Waals surface area contributed by atoms with Crippen molar-refractivity contribution in [3.63, 3.8) is 0 Å². The molecule has 27 heavy (non-hydrogen) atoms. The van der Waals surface area contributed by atoms with Crippen LogP contribution in [0.15, 0.2) is 22.8 Å². The molecule has 3 amide bonds. The van der Waals surface area contributed by atoms with Gasteiger partial charge in [0.05, 0.1) is 0 Å². The summed E-state index contributed by atoms with van der Waals surface area (Å²) in [6.45, 7) is 3.17. The van der Waals surface area contributed by atoms with E-state index in [0.717, 1.165) is 25.7 Å². The van der Waals surface area contributed by atoms with E-state index in [9.17, 15) is 14.4 Å². The van der Waals surface area contributed by atoms with Gasteiger partial charge in [0, 0.05) is 38.5 Å². The lowest BCUT2D eigenvalue weighted by Gasteiger charge is -2.28. The first-order valence-corrected chi connectivity index (χ1v) is 9.15. The molecule has 9 heteroatoms. The predicted octanol–water partition coefficient (Wildman–Crippen LogP) is 1.51. The lowest BCUT2D eigenvalue weighted by molar-refractivity contribution is -0.140. The van der Waals surface area contributed by atoms with E-state index in [1.54, 1.807) is 23.2 Å². The molecule has 0 aliphatic carbocycles. The molecule has 2 heterocycles. The smallest absolute Gasteiger partial charge is 0.272 e. The Balaban J connectivity index is 1.53. The molecular formula is C18H23N5O4. The molecule has 1 aliphatic heterocycles. The minimum absolute atomic E-state index is 0.0445. The zero-order chi connectivity index (χ0) is 19.2. The molecule has 3 rings (SSSR count). The van der Waals surface area contributed by atoms with Crippen LogP contribution in [0.25, 0.3) is 11.0 Å². The van der Waals surface area contributed by atoms with Crippen LogP contribution in [0.5, 0.6) is 0 Å². The Morgan fingerprint density at radius 1 is 1.07 bits per heavy atom. The zero-order valence-electron chi connectivity index (χ0n) is 15.3. The quantitative estimate of drug-likeness (QED) is 0.737. The molecule has 0 saturated carbocycles. The number of rotatable bonds is 7. The highest BCUT2D eigenvalue weighted by atomic mass is 16.6. The van der Waals surface area contributed by atoms with Gasteiger partial charge in [0.2, 0.25) is 11.8 Å². The van der Waals surface area contributed by atoms with Gasteiger partial charge in [-0.25, -0.2) is 9.64 Å². The second-order valence-corrected chi connectivity index (χ2v) is 6.56. The van der Waals surface area contributed by atoms with Crippen LogP contribution >= 0.6 is 0 Å². The maximum Gasteiger partial charge on any atom is 0.272 e.